The van der Waals surface area contributed by atoms with E-state index in [0.717, 1.165) is 0 Å². The van der Waals surface area contributed by atoms with Crippen LogP contribution in [0, 0.1) is 0 Å². The third-order valence-electron chi connectivity index (χ3n) is 5.47. The maximum atomic E-state index is 14.1. The number of nitrogens with one attached hydrogen (secondary N) is 2. The van der Waals surface area contributed by atoms with E-state index >= 15 is 0 Å². The average Bonchev–Trinajstić information content (AvgIpc) is 2.88. The lowest BCUT2D eigenvalue weighted by Gasteiger charge is -2.35. The van der Waals surface area contributed by atoms with Crippen LogP contribution in [0.5, 0.6) is 11.5 Å². The molecule has 6 nitrogen and oxygen atoms in total. The summed E-state index contributed by atoms with van der Waals surface area (Å²) in [6, 6.07) is 11.7. The van der Waals surface area contributed by atoms with Crippen LogP contribution in [0.2, 0.25) is 0 Å². The van der Waals surface area contributed by atoms with Gasteiger partial charge in [-0.15, -0.1) is 0 Å². The van der Waals surface area contributed by atoms with Crippen LogP contribution in [-0.4, -0.2) is 62.8 Å². The number of hydrogen-bond donors (Lipinski definition) is 2. The predicted octanol–water partition coefficient (Wildman–Crippen LogP) is 4.26. The van der Waals surface area contributed by atoms with Gasteiger partial charge in [0, 0.05) is 13.1 Å². The van der Waals surface area contributed by atoms with Crippen molar-refractivity contribution in [2.45, 2.75) is 36.5 Å². The quantitative estimate of drug-likeness (QED) is 0.362. The van der Waals surface area contributed by atoms with Crippen molar-refractivity contribution in [1.29, 1.82) is 0 Å². The molecule has 0 spiro atoms. The summed E-state index contributed by atoms with van der Waals surface area (Å²) < 4.78 is 123. The highest BCUT2D eigenvalue weighted by molar-refractivity contribution is 5.87. The van der Waals surface area contributed by atoms with E-state index in [1.165, 1.54) is 73.4 Å². The first-order valence-electron chi connectivity index (χ1n) is 11.0. The third kappa shape index (κ3) is 6.27. The molecule has 0 heterocycles. The lowest BCUT2D eigenvalue weighted by atomic mass is 9.97. The highest BCUT2D eigenvalue weighted by Crippen LogP contribution is 2.52. The standard InChI is InChI=1S/C24H24F8N2O4/c1-37-17-7-3-15(4-8-17)11-13-33-19(35)21(25,26)23(29,30)24(31,32)22(27,28)20(36)34-14-12-16-5-9-18(38-2)10-6-16/h3-10H,11-14H2,1-2H3,(H,33,35)(H,34,36). The van der Waals surface area contributed by atoms with Crippen LogP contribution >= 0.6 is 0 Å². The van der Waals surface area contributed by atoms with Gasteiger partial charge in [0.15, 0.2) is 0 Å². The Balaban J connectivity index is 2.04. The molecule has 0 saturated carbocycles. The first-order chi connectivity index (χ1) is 17.6. The predicted molar refractivity (Wildman–Crippen MR) is 119 cm³/mol. The Morgan fingerprint density at radius 3 is 1.16 bits per heavy atom. The van der Waals surface area contributed by atoms with Crippen molar-refractivity contribution in [3.63, 3.8) is 0 Å². The zero-order chi connectivity index (χ0) is 28.8. The highest BCUT2D eigenvalue weighted by atomic mass is 19.4. The van der Waals surface area contributed by atoms with Gasteiger partial charge in [0.2, 0.25) is 0 Å². The van der Waals surface area contributed by atoms with Gasteiger partial charge in [-0.1, -0.05) is 24.3 Å². The monoisotopic (exact) mass is 556 g/mol. The molecule has 14 heteroatoms. The molecule has 2 N–H and O–H groups in total. The second-order valence-corrected chi connectivity index (χ2v) is 8.01. The summed E-state index contributed by atoms with van der Waals surface area (Å²) in [6.07, 6.45) is -0.360. The van der Waals surface area contributed by atoms with Gasteiger partial charge in [-0.05, 0) is 48.2 Å². The number of benzene rings is 2. The van der Waals surface area contributed by atoms with Gasteiger partial charge >= 0.3 is 23.7 Å². The summed E-state index contributed by atoms with van der Waals surface area (Å²) in [4.78, 5) is 23.3. The van der Waals surface area contributed by atoms with Gasteiger partial charge in [-0.25, -0.2) is 0 Å². The fraction of sp³-hybridized carbons (Fsp3) is 0.417. The number of carbonyl (C=O) groups is 2. The van der Waals surface area contributed by atoms with Gasteiger partial charge in [0.05, 0.1) is 14.2 Å². The van der Waals surface area contributed by atoms with E-state index in [-0.39, 0.29) is 12.8 Å². The Morgan fingerprint density at radius 1 is 0.605 bits per heavy atom. The lowest BCUT2D eigenvalue weighted by Crippen LogP contribution is -2.69. The number of hydrogen-bond acceptors (Lipinski definition) is 4. The van der Waals surface area contributed by atoms with Crippen molar-refractivity contribution in [2.75, 3.05) is 27.3 Å². The SMILES string of the molecule is COc1ccc(CCNC(=O)C(F)(F)C(F)(F)C(F)(F)C(F)(F)C(=O)NCCc2ccc(OC)cc2)cc1. The molecule has 0 fully saturated rings. The minimum absolute atomic E-state index is 0.180. The number of rotatable bonds is 13. The van der Waals surface area contributed by atoms with E-state index in [0.29, 0.717) is 22.6 Å². The van der Waals surface area contributed by atoms with E-state index < -0.39 is 48.6 Å². The van der Waals surface area contributed by atoms with Gasteiger partial charge in [0.25, 0.3) is 11.8 Å². The topological polar surface area (TPSA) is 76.7 Å². The van der Waals surface area contributed by atoms with Gasteiger partial charge in [-0.3, -0.25) is 9.59 Å². The summed E-state index contributed by atoms with van der Waals surface area (Å²) >= 11 is 0. The lowest BCUT2D eigenvalue weighted by molar-refractivity contribution is -0.347. The Labute approximate surface area is 212 Å². The van der Waals surface area contributed by atoms with Crippen LogP contribution < -0.4 is 20.1 Å². The summed E-state index contributed by atoms with van der Waals surface area (Å²) in [5, 5.41) is 2.66. The molecule has 2 aromatic carbocycles. The summed E-state index contributed by atoms with van der Waals surface area (Å²) in [5.41, 5.74) is 0.869. The maximum Gasteiger partial charge on any atom is 0.392 e. The van der Waals surface area contributed by atoms with Crippen LogP contribution in [0.15, 0.2) is 48.5 Å². The first kappa shape index (κ1) is 30.6. The number of ether oxygens (including phenoxy) is 2. The molecular formula is C24H24F8N2O4. The molecule has 0 aliphatic rings. The molecule has 2 amide bonds. The molecule has 2 aromatic rings. The number of methoxy groups -OCH3 is 2. The van der Waals surface area contributed by atoms with E-state index in [1.807, 2.05) is 0 Å². The zero-order valence-electron chi connectivity index (χ0n) is 20.1. The summed E-state index contributed by atoms with van der Waals surface area (Å²) in [5.74, 6) is -31.4. The smallest absolute Gasteiger partial charge is 0.392 e. The number of carbonyl (C=O) groups excluding carboxylic acids is 2. The maximum absolute atomic E-state index is 14.1. The second kappa shape index (κ2) is 11.9. The van der Waals surface area contributed by atoms with Crippen molar-refractivity contribution in [1.82, 2.24) is 10.6 Å². The van der Waals surface area contributed by atoms with Crippen molar-refractivity contribution >= 4 is 11.8 Å². The molecule has 0 atom stereocenters. The van der Waals surface area contributed by atoms with Gasteiger partial charge in [-0.2, -0.15) is 35.1 Å². The average molecular weight is 556 g/mol. The van der Waals surface area contributed by atoms with E-state index in [4.69, 9.17) is 9.47 Å². The van der Waals surface area contributed by atoms with Gasteiger partial charge in [0.1, 0.15) is 11.5 Å². The number of halogens is 8. The van der Waals surface area contributed by atoms with Crippen molar-refractivity contribution < 1.29 is 54.2 Å². The highest BCUT2D eigenvalue weighted by Gasteiger charge is 2.84. The van der Waals surface area contributed by atoms with Crippen molar-refractivity contribution in [3.8, 4) is 11.5 Å². The minimum Gasteiger partial charge on any atom is -0.497 e. The third-order valence-corrected chi connectivity index (χ3v) is 5.47. The Hall–Kier alpha value is -3.58. The van der Waals surface area contributed by atoms with E-state index in [2.05, 4.69) is 0 Å². The molecule has 2 rings (SSSR count). The zero-order valence-corrected chi connectivity index (χ0v) is 20.1. The Kier molecular flexibility index (Phi) is 9.56. The molecule has 0 aliphatic heterocycles. The summed E-state index contributed by atoms with van der Waals surface area (Å²) in [7, 11) is 2.76. The van der Waals surface area contributed by atoms with Crippen LogP contribution in [-0.2, 0) is 22.4 Å². The number of alkyl halides is 8. The molecule has 0 unspecified atom stereocenters. The van der Waals surface area contributed by atoms with Crippen molar-refractivity contribution in [2.24, 2.45) is 0 Å². The second-order valence-electron chi connectivity index (χ2n) is 8.01. The Morgan fingerprint density at radius 2 is 0.895 bits per heavy atom. The first-order valence-corrected chi connectivity index (χ1v) is 11.0. The molecule has 0 bridgehead atoms. The molecule has 0 saturated heterocycles. The van der Waals surface area contributed by atoms with Gasteiger partial charge < -0.3 is 20.1 Å². The van der Waals surface area contributed by atoms with Crippen LogP contribution in [0.1, 0.15) is 11.1 Å². The van der Waals surface area contributed by atoms with Crippen molar-refractivity contribution in [3.05, 3.63) is 59.7 Å². The van der Waals surface area contributed by atoms with E-state index in [9.17, 15) is 44.7 Å². The van der Waals surface area contributed by atoms with Crippen LogP contribution in [0.4, 0.5) is 35.1 Å². The molecule has 210 valence electrons. The minimum atomic E-state index is -6.93. The number of amides is 2. The molecule has 0 aliphatic carbocycles. The van der Waals surface area contributed by atoms with Crippen LogP contribution in [0.25, 0.3) is 0 Å². The molecular weight excluding hydrogens is 532 g/mol. The van der Waals surface area contributed by atoms with E-state index in [1.54, 1.807) is 0 Å². The molecule has 0 radical (unpaired) electrons. The molecule has 38 heavy (non-hydrogen) atoms. The fourth-order valence-corrected chi connectivity index (χ4v) is 3.13. The largest absolute Gasteiger partial charge is 0.497 e. The normalized spacial score (nSPS) is 12.6. The summed E-state index contributed by atoms with van der Waals surface area (Å²) in [6.45, 7) is -1.41. The van der Waals surface area contributed by atoms with Crippen LogP contribution in [0.3, 0.4) is 0 Å². The fourth-order valence-electron chi connectivity index (χ4n) is 3.13. The Bertz CT molecular complexity index is 1010. The molecule has 0 aromatic heterocycles.